The largest absolute Gasteiger partial charge is 0.523 e. The molecule has 3 rings (SSSR count). The average Bonchev–Trinajstić information content (AvgIpc) is 2.68. The Morgan fingerprint density at radius 1 is 1.17 bits per heavy atom. The van der Waals surface area contributed by atoms with Gasteiger partial charge in [-0.25, -0.2) is 0 Å². The maximum atomic E-state index is 12.5. The van der Waals surface area contributed by atoms with Gasteiger partial charge in [-0.1, -0.05) is 30.3 Å². The van der Waals surface area contributed by atoms with E-state index in [1.165, 1.54) is 6.92 Å². The van der Waals surface area contributed by atoms with Crippen LogP contribution in [-0.2, 0) is 27.3 Å². The molecule has 164 valence electrons. The number of aryl methyl sites for hydroxylation is 1. The molecule has 0 saturated carbocycles. The molecule has 1 atom stereocenters. The van der Waals surface area contributed by atoms with Gasteiger partial charge in [-0.15, -0.1) is 0 Å². The molecule has 9 heteroatoms. The first-order chi connectivity index (χ1) is 13.9. The topological polar surface area (TPSA) is 61.8 Å². The lowest BCUT2D eigenvalue weighted by Crippen LogP contribution is -2.43. The molecule has 0 radical (unpaired) electrons. The third kappa shape index (κ3) is 4.73. The average molecular weight is 444 g/mol. The lowest BCUT2D eigenvalue weighted by molar-refractivity contribution is -0.0606. The molecule has 0 aliphatic carbocycles. The van der Waals surface area contributed by atoms with Crippen LogP contribution in [0.25, 0.3) is 0 Å². The highest BCUT2D eigenvalue weighted by atomic mass is 32.2. The first-order valence-electron chi connectivity index (χ1n) is 9.36. The summed E-state index contributed by atoms with van der Waals surface area (Å²) in [6, 6.07) is 11.5. The summed E-state index contributed by atoms with van der Waals surface area (Å²) < 4.78 is 76.2. The van der Waals surface area contributed by atoms with Crippen molar-refractivity contribution in [2.75, 3.05) is 6.61 Å². The molecular formula is C21H23F3O5S. The van der Waals surface area contributed by atoms with Crippen LogP contribution >= 0.6 is 0 Å². The van der Waals surface area contributed by atoms with E-state index in [0.717, 1.165) is 22.3 Å². The Labute approximate surface area is 173 Å². The number of ether oxygens (including phenoxy) is 2. The minimum atomic E-state index is -5.67. The number of hydrogen-bond acceptors (Lipinski definition) is 5. The van der Waals surface area contributed by atoms with Crippen LogP contribution in [0.5, 0.6) is 11.5 Å². The number of alkyl halides is 3. The quantitative estimate of drug-likeness (QED) is 0.472. The highest BCUT2D eigenvalue weighted by Gasteiger charge is 2.49. The first-order valence-corrected chi connectivity index (χ1v) is 10.8. The van der Waals surface area contributed by atoms with Crippen LogP contribution in [0.1, 0.15) is 35.6 Å². The van der Waals surface area contributed by atoms with Gasteiger partial charge in [0.2, 0.25) is 0 Å². The molecule has 0 aromatic heterocycles. The minimum absolute atomic E-state index is 0.301. The molecule has 2 aromatic carbocycles. The van der Waals surface area contributed by atoms with Crippen molar-refractivity contribution in [3.8, 4) is 11.5 Å². The van der Waals surface area contributed by atoms with Crippen LogP contribution in [0.3, 0.4) is 0 Å². The van der Waals surface area contributed by atoms with E-state index in [1.807, 2.05) is 50.2 Å². The molecule has 5 nitrogen and oxygen atoms in total. The predicted octanol–water partition coefficient (Wildman–Crippen LogP) is 4.83. The summed E-state index contributed by atoms with van der Waals surface area (Å²) in [6.45, 7) is 4.93. The van der Waals surface area contributed by atoms with E-state index in [2.05, 4.69) is 4.18 Å². The summed E-state index contributed by atoms with van der Waals surface area (Å²) in [6.07, 6.45) is 0.798. The van der Waals surface area contributed by atoms with Gasteiger partial charge in [0.1, 0.15) is 30.3 Å². The van der Waals surface area contributed by atoms with Crippen molar-refractivity contribution in [2.24, 2.45) is 0 Å². The van der Waals surface area contributed by atoms with Crippen LogP contribution in [0.2, 0.25) is 0 Å². The molecule has 1 heterocycles. The fourth-order valence-electron chi connectivity index (χ4n) is 3.31. The fourth-order valence-corrected chi connectivity index (χ4v) is 3.85. The van der Waals surface area contributed by atoms with E-state index in [0.29, 0.717) is 30.9 Å². The SMILES string of the molecule is Cc1cc(OCc2ccccc2)c(C)c2c1O[C@](C)(COS(=O)(=O)C(F)(F)F)CC2. The number of fused-ring (bicyclic) bond motifs is 1. The van der Waals surface area contributed by atoms with Crippen molar-refractivity contribution in [1.82, 2.24) is 0 Å². The first kappa shape index (κ1) is 22.4. The van der Waals surface area contributed by atoms with Crippen LogP contribution in [0.4, 0.5) is 13.2 Å². The van der Waals surface area contributed by atoms with Gasteiger partial charge in [-0.3, -0.25) is 4.18 Å². The highest BCUT2D eigenvalue weighted by molar-refractivity contribution is 7.87. The minimum Gasteiger partial charge on any atom is -0.489 e. The van der Waals surface area contributed by atoms with Crippen molar-refractivity contribution in [3.63, 3.8) is 0 Å². The Bertz CT molecular complexity index is 1020. The molecule has 0 spiro atoms. The summed E-state index contributed by atoms with van der Waals surface area (Å²) >= 11 is 0. The van der Waals surface area contributed by atoms with Crippen molar-refractivity contribution in [2.45, 2.75) is 51.3 Å². The van der Waals surface area contributed by atoms with Crippen molar-refractivity contribution < 1.29 is 35.2 Å². The van der Waals surface area contributed by atoms with Gasteiger partial charge in [0.05, 0.1) is 0 Å². The number of halogens is 3. The zero-order chi connectivity index (χ0) is 22.2. The molecule has 30 heavy (non-hydrogen) atoms. The van der Waals surface area contributed by atoms with Gasteiger partial charge < -0.3 is 9.47 Å². The predicted molar refractivity (Wildman–Crippen MR) is 105 cm³/mol. The summed E-state index contributed by atoms with van der Waals surface area (Å²) in [7, 11) is -5.67. The molecule has 0 unspecified atom stereocenters. The zero-order valence-corrected chi connectivity index (χ0v) is 17.7. The third-order valence-corrected chi connectivity index (χ3v) is 6.09. The number of hydrogen-bond donors (Lipinski definition) is 0. The smallest absolute Gasteiger partial charge is 0.489 e. The maximum absolute atomic E-state index is 12.5. The van der Waals surface area contributed by atoms with Crippen LogP contribution in [0, 0.1) is 13.8 Å². The second-order valence-electron chi connectivity index (χ2n) is 7.61. The Hall–Kier alpha value is -2.26. The highest BCUT2D eigenvalue weighted by Crippen LogP contribution is 2.42. The summed E-state index contributed by atoms with van der Waals surface area (Å²) in [5.74, 6) is 1.24. The standard InChI is InChI=1S/C21H23F3O5S/c1-14-11-18(27-12-16-7-5-4-6-8-16)15(2)17-9-10-20(3,29-19(14)17)13-28-30(25,26)21(22,23)24/h4-8,11H,9-10,12-13H2,1-3H3/t20-/m0/s1. The monoisotopic (exact) mass is 444 g/mol. The van der Waals surface area contributed by atoms with E-state index in [-0.39, 0.29) is 0 Å². The molecule has 1 aliphatic heterocycles. The van der Waals surface area contributed by atoms with E-state index in [9.17, 15) is 21.6 Å². The molecular weight excluding hydrogens is 421 g/mol. The van der Waals surface area contributed by atoms with Gasteiger partial charge in [0.15, 0.2) is 0 Å². The zero-order valence-electron chi connectivity index (χ0n) is 16.9. The normalized spacial score (nSPS) is 19.1. The summed E-state index contributed by atoms with van der Waals surface area (Å²) in [4.78, 5) is 0. The van der Waals surface area contributed by atoms with E-state index in [1.54, 1.807) is 0 Å². The van der Waals surface area contributed by atoms with Gasteiger partial charge >= 0.3 is 15.6 Å². The lowest BCUT2D eigenvalue weighted by atomic mass is 9.89. The molecule has 0 amide bonds. The van der Waals surface area contributed by atoms with E-state index >= 15 is 0 Å². The van der Waals surface area contributed by atoms with Crippen LogP contribution in [-0.4, -0.2) is 26.1 Å². The molecule has 0 fully saturated rings. The van der Waals surface area contributed by atoms with Gasteiger partial charge in [0.25, 0.3) is 0 Å². The van der Waals surface area contributed by atoms with Gasteiger partial charge in [0, 0.05) is 5.56 Å². The van der Waals surface area contributed by atoms with Crippen LogP contribution in [0.15, 0.2) is 36.4 Å². The summed E-state index contributed by atoms with van der Waals surface area (Å²) in [5, 5.41) is 0. The third-order valence-electron chi connectivity index (χ3n) is 5.09. The van der Waals surface area contributed by atoms with Crippen molar-refractivity contribution in [1.29, 1.82) is 0 Å². The Morgan fingerprint density at radius 3 is 2.47 bits per heavy atom. The Morgan fingerprint density at radius 2 is 1.83 bits per heavy atom. The molecule has 0 saturated heterocycles. The molecule has 0 bridgehead atoms. The Balaban J connectivity index is 1.77. The fraction of sp³-hybridized carbons (Fsp3) is 0.429. The lowest BCUT2D eigenvalue weighted by Gasteiger charge is -2.37. The van der Waals surface area contributed by atoms with Crippen molar-refractivity contribution in [3.05, 3.63) is 58.7 Å². The number of rotatable bonds is 6. The molecule has 0 N–H and O–H groups in total. The second-order valence-corrected chi connectivity index (χ2v) is 9.22. The maximum Gasteiger partial charge on any atom is 0.523 e. The van der Waals surface area contributed by atoms with E-state index in [4.69, 9.17) is 9.47 Å². The summed E-state index contributed by atoms with van der Waals surface area (Å²) in [5.41, 5.74) is -3.10. The van der Waals surface area contributed by atoms with Crippen molar-refractivity contribution >= 4 is 10.1 Å². The van der Waals surface area contributed by atoms with E-state index < -0.39 is 27.8 Å². The number of benzene rings is 2. The molecule has 1 aliphatic rings. The van der Waals surface area contributed by atoms with Gasteiger partial charge in [-0.2, -0.15) is 21.6 Å². The van der Waals surface area contributed by atoms with Gasteiger partial charge in [-0.05, 0) is 56.4 Å². The van der Waals surface area contributed by atoms with Crippen LogP contribution < -0.4 is 9.47 Å². The molecule has 2 aromatic rings. The second kappa shape index (κ2) is 8.11. The Kier molecular flexibility index (Phi) is 6.06.